The van der Waals surface area contributed by atoms with Crippen LogP contribution in [0.25, 0.3) is 11.0 Å². The van der Waals surface area contributed by atoms with Crippen molar-refractivity contribution in [2.45, 2.75) is 23.4 Å². The third kappa shape index (κ3) is 6.42. The van der Waals surface area contributed by atoms with Gasteiger partial charge >= 0.3 is 0 Å². The Labute approximate surface area is 202 Å². The minimum atomic E-state index is -0.0207. The number of para-hydroxylation sites is 2. The number of nitrogens with one attached hydrogen (secondary N) is 4. The third-order valence-electron chi connectivity index (χ3n) is 4.74. The van der Waals surface area contributed by atoms with Crippen LogP contribution in [0.1, 0.15) is 13.3 Å². The highest BCUT2D eigenvalue weighted by Crippen LogP contribution is 2.28. The standard InChI is InChI=1S/C23H27N9OS/c1-4-19(33)25-15-9-11-16(12-10-15)34-23-30-20(24-13-14-32(2)3)28-22(31-23)29-21-26-17-7-5-6-8-18(17)27-21/h5-12H,4,13-14H2,1-3H3,(H,25,33)(H3,24,26,27,28,29,30,31). The highest BCUT2D eigenvalue weighted by atomic mass is 32.2. The summed E-state index contributed by atoms with van der Waals surface area (Å²) in [6, 6.07) is 15.4. The van der Waals surface area contributed by atoms with Crippen molar-refractivity contribution in [3.8, 4) is 0 Å². The normalized spacial score (nSPS) is 11.1. The first-order valence-corrected chi connectivity index (χ1v) is 11.7. The summed E-state index contributed by atoms with van der Waals surface area (Å²) in [6.45, 7) is 3.35. The Balaban J connectivity index is 1.54. The summed E-state index contributed by atoms with van der Waals surface area (Å²) in [6.07, 6.45) is 0.436. The van der Waals surface area contributed by atoms with Crippen molar-refractivity contribution in [1.29, 1.82) is 0 Å². The minimum absolute atomic E-state index is 0.0207. The molecule has 0 aliphatic carbocycles. The molecule has 0 radical (unpaired) electrons. The maximum atomic E-state index is 11.6. The Bertz CT molecular complexity index is 1220. The molecule has 0 aliphatic rings. The number of benzene rings is 2. The van der Waals surface area contributed by atoms with E-state index in [1.165, 1.54) is 11.8 Å². The number of aromatic nitrogens is 5. The molecule has 1 amide bonds. The fourth-order valence-corrected chi connectivity index (χ4v) is 3.75. The summed E-state index contributed by atoms with van der Waals surface area (Å²) in [5.74, 6) is 1.40. The average molecular weight is 478 g/mol. The van der Waals surface area contributed by atoms with Crippen LogP contribution in [0.2, 0.25) is 0 Å². The molecule has 11 heteroatoms. The van der Waals surface area contributed by atoms with E-state index >= 15 is 0 Å². The zero-order chi connectivity index (χ0) is 23.9. The number of H-pyrrole nitrogens is 1. The lowest BCUT2D eigenvalue weighted by atomic mass is 10.3. The van der Waals surface area contributed by atoms with E-state index in [0.29, 0.717) is 36.0 Å². The molecule has 0 spiro atoms. The molecule has 0 saturated heterocycles. The van der Waals surface area contributed by atoms with Crippen LogP contribution in [-0.4, -0.2) is 62.9 Å². The molecule has 2 aromatic carbocycles. The summed E-state index contributed by atoms with van der Waals surface area (Å²) in [7, 11) is 4.02. The van der Waals surface area contributed by atoms with E-state index in [9.17, 15) is 4.79 Å². The molecule has 0 fully saturated rings. The maximum absolute atomic E-state index is 11.6. The van der Waals surface area contributed by atoms with Gasteiger partial charge in [0.25, 0.3) is 0 Å². The van der Waals surface area contributed by atoms with E-state index in [2.05, 4.69) is 45.8 Å². The number of amides is 1. The number of hydrogen-bond acceptors (Lipinski definition) is 9. The van der Waals surface area contributed by atoms with Crippen molar-refractivity contribution in [2.75, 3.05) is 43.1 Å². The quantitative estimate of drug-likeness (QED) is 0.269. The van der Waals surface area contributed by atoms with E-state index in [1.54, 1.807) is 0 Å². The van der Waals surface area contributed by atoms with Crippen molar-refractivity contribution in [3.05, 3.63) is 48.5 Å². The van der Waals surface area contributed by atoms with Gasteiger partial charge in [-0.25, -0.2) is 4.98 Å². The molecule has 10 nitrogen and oxygen atoms in total. The van der Waals surface area contributed by atoms with E-state index in [-0.39, 0.29) is 5.91 Å². The van der Waals surface area contributed by atoms with Gasteiger partial charge in [-0.15, -0.1) is 0 Å². The molecule has 4 aromatic rings. The predicted octanol–water partition coefficient (Wildman–Crippen LogP) is 3.96. The zero-order valence-electron chi connectivity index (χ0n) is 19.3. The van der Waals surface area contributed by atoms with Crippen LogP contribution < -0.4 is 16.0 Å². The fraction of sp³-hybridized carbons (Fsp3) is 0.261. The average Bonchev–Trinajstić information content (AvgIpc) is 3.22. The molecule has 176 valence electrons. The second-order valence-electron chi connectivity index (χ2n) is 7.75. The maximum Gasteiger partial charge on any atom is 0.235 e. The minimum Gasteiger partial charge on any atom is -0.353 e. The van der Waals surface area contributed by atoms with Gasteiger partial charge in [0.15, 0.2) is 5.16 Å². The fourth-order valence-electron chi connectivity index (χ4n) is 3.01. The van der Waals surface area contributed by atoms with Gasteiger partial charge in [-0.1, -0.05) is 19.1 Å². The van der Waals surface area contributed by atoms with Crippen molar-refractivity contribution >= 4 is 52.2 Å². The molecular formula is C23H27N9OS. The Morgan fingerprint density at radius 3 is 2.50 bits per heavy atom. The molecule has 2 heterocycles. The van der Waals surface area contributed by atoms with Crippen LogP contribution in [0.4, 0.5) is 23.5 Å². The predicted molar refractivity (Wildman–Crippen MR) is 136 cm³/mol. The highest BCUT2D eigenvalue weighted by Gasteiger charge is 2.11. The van der Waals surface area contributed by atoms with Crippen LogP contribution in [0.15, 0.2) is 58.6 Å². The van der Waals surface area contributed by atoms with Crippen molar-refractivity contribution in [2.24, 2.45) is 0 Å². The smallest absolute Gasteiger partial charge is 0.235 e. The van der Waals surface area contributed by atoms with Gasteiger partial charge in [0.2, 0.25) is 23.8 Å². The Morgan fingerprint density at radius 1 is 1.00 bits per heavy atom. The number of nitrogens with zero attached hydrogens (tertiary/aromatic N) is 5. The topological polar surface area (TPSA) is 124 Å². The van der Waals surface area contributed by atoms with Gasteiger partial charge in [0.05, 0.1) is 11.0 Å². The Morgan fingerprint density at radius 2 is 1.76 bits per heavy atom. The molecule has 34 heavy (non-hydrogen) atoms. The number of likely N-dealkylation sites (N-methyl/N-ethyl adjacent to an activating group) is 1. The number of carbonyl (C=O) groups excluding carboxylic acids is 1. The first-order valence-electron chi connectivity index (χ1n) is 10.9. The number of fused-ring (bicyclic) bond motifs is 1. The van der Waals surface area contributed by atoms with Crippen molar-refractivity contribution in [3.63, 3.8) is 0 Å². The molecule has 0 aliphatic heterocycles. The lowest BCUT2D eigenvalue weighted by Gasteiger charge is -2.12. The van der Waals surface area contributed by atoms with Crippen molar-refractivity contribution in [1.82, 2.24) is 29.8 Å². The molecule has 0 saturated carbocycles. The summed E-state index contributed by atoms with van der Waals surface area (Å²) in [5, 5.41) is 9.79. The lowest BCUT2D eigenvalue weighted by Crippen LogP contribution is -2.21. The van der Waals surface area contributed by atoms with Crippen LogP contribution in [0.5, 0.6) is 0 Å². The monoisotopic (exact) mass is 477 g/mol. The molecule has 0 bridgehead atoms. The summed E-state index contributed by atoms with van der Waals surface area (Å²) in [4.78, 5) is 36.0. The van der Waals surface area contributed by atoms with Crippen LogP contribution in [-0.2, 0) is 4.79 Å². The molecule has 2 aromatic heterocycles. The summed E-state index contributed by atoms with van der Waals surface area (Å²) < 4.78 is 0. The lowest BCUT2D eigenvalue weighted by molar-refractivity contribution is -0.115. The van der Waals surface area contributed by atoms with Gasteiger partial charge in [-0.2, -0.15) is 15.0 Å². The SMILES string of the molecule is CCC(=O)Nc1ccc(Sc2nc(NCCN(C)C)nc(Nc3nc4ccccc4[nH]3)n2)cc1. The number of hydrogen-bond donors (Lipinski definition) is 4. The van der Waals surface area contributed by atoms with Gasteiger partial charge in [0.1, 0.15) is 0 Å². The van der Waals surface area contributed by atoms with Crippen LogP contribution in [0, 0.1) is 0 Å². The van der Waals surface area contributed by atoms with Gasteiger partial charge in [0, 0.05) is 30.1 Å². The molecule has 4 N–H and O–H groups in total. The zero-order valence-corrected chi connectivity index (χ0v) is 20.1. The number of imidazole rings is 1. The molecular weight excluding hydrogens is 450 g/mol. The number of rotatable bonds is 10. The Kier molecular flexibility index (Phi) is 7.55. The van der Waals surface area contributed by atoms with E-state index in [0.717, 1.165) is 28.2 Å². The number of anilines is 4. The molecule has 4 rings (SSSR count). The van der Waals surface area contributed by atoms with Crippen LogP contribution in [0.3, 0.4) is 0 Å². The van der Waals surface area contributed by atoms with Crippen LogP contribution >= 0.6 is 11.8 Å². The summed E-state index contributed by atoms with van der Waals surface area (Å²) in [5.41, 5.74) is 2.53. The molecule has 0 atom stereocenters. The van der Waals surface area contributed by atoms with E-state index < -0.39 is 0 Å². The van der Waals surface area contributed by atoms with E-state index in [1.807, 2.05) is 69.6 Å². The van der Waals surface area contributed by atoms with E-state index in [4.69, 9.17) is 0 Å². The first-order chi connectivity index (χ1) is 16.5. The summed E-state index contributed by atoms with van der Waals surface area (Å²) >= 11 is 1.41. The second-order valence-corrected chi connectivity index (χ2v) is 8.79. The van der Waals surface area contributed by atoms with Crippen molar-refractivity contribution < 1.29 is 4.79 Å². The van der Waals surface area contributed by atoms with Gasteiger partial charge in [-0.05, 0) is 62.3 Å². The first kappa shape index (κ1) is 23.5. The Hall–Kier alpha value is -3.70. The molecule has 0 unspecified atom stereocenters. The van der Waals surface area contributed by atoms with Gasteiger partial charge in [-0.3, -0.25) is 10.1 Å². The third-order valence-corrected chi connectivity index (χ3v) is 5.62. The van der Waals surface area contributed by atoms with Gasteiger partial charge < -0.3 is 20.5 Å². The number of aromatic amines is 1. The highest BCUT2D eigenvalue weighted by molar-refractivity contribution is 7.99. The number of carbonyl (C=O) groups is 1. The largest absolute Gasteiger partial charge is 0.353 e. The second kappa shape index (κ2) is 10.9.